The van der Waals surface area contributed by atoms with Gasteiger partial charge in [-0.2, -0.15) is 22.6 Å². The van der Waals surface area contributed by atoms with Crippen LogP contribution in [0.15, 0.2) is 30.5 Å². The minimum absolute atomic E-state index is 0.0580. The highest BCUT2D eigenvalue weighted by atomic mass is 32.1. The Hall–Kier alpha value is -6.32. The van der Waals surface area contributed by atoms with Gasteiger partial charge in [0.1, 0.15) is 24.7 Å². The molecule has 21 nitrogen and oxygen atoms in total. The topological polar surface area (TPSA) is 338 Å². The first-order valence-electron chi connectivity index (χ1n) is 14.4. The van der Waals surface area contributed by atoms with Gasteiger partial charge in [-0.15, -0.1) is 0 Å². The number of aromatic hydroxyl groups is 1. The van der Waals surface area contributed by atoms with Crippen LogP contribution in [0.4, 0.5) is 11.6 Å². The predicted molar refractivity (Wildman–Crippen MR) is 174 cm³/mol. The highest BCUT2D eigenvalue weighted by molar-refractivity contribution is 7.80. The number of carbonyl (C=O) groups excluding carboxylic acids is 4. The number of carboxylic acids is 3. The van der Waals surface area contributed by atoms with E-state index in [1.807, 2.05) is 5.32 Å². The molecule has 2 aromatic heterocycles. The van der Waals surface area contributed by atoms with Gasteiger partial charge in [0, 0.05) is 23.4 Å². The van der Waals surface area contributed by atoms with E-state index in [9.17, 15) is 48.9 Å². The fourth-order valence-electron chi connectivity index (χ4n) is 4.12. The molecular formula is C28H32N10O11S. The number of benzene rings is 1. The minimum Gasteiger partial charge on any atom is -0.492 e. The second-order valence-electron chi connectivity index (χ2n) is 10.3. The standard InChI is InChI=1S/C28H32N10O11S/c29-28-37-22-21(25(45)38-28)33-14(9-31-22)8-30-13-3-1-12(2-4-13)23(43)36-15(26(46)47)5-6-18(39)34-16(27(48)49)7-19(40)35-17(11-50)24(44)32-10-20(41)42/h1-4,9,15-17,30,50H,5-8,10-11H2,(H,32,44)(H,34,39)(H,35,40)(H,36,43)(H,41,42)(H,46,47)(H,48,49)(H3,29,31,37,38,45). The van der Waals surface area contributed by atoms with Crippen molar-refractivity contribution >= 4 is 77.0 Å². The van der Waals surface area contributed by atoms with E-state index in [1.54, 1.807) is 0 Å². The van der Waals surface area contributed by atoms with Gasteiger partial charge in [-0.25, -0.2) is 19.6 Å². The molecule has 0 fully saturated rings. The highest BCUT2D eigenvalue weighted by Crippen LogP contribution is 2.19. The Kier molecular flexibility index (Phi) is 13.5. The summed E-state index contributed by atoms with van der Waals surface area (Å²) in [5.74, 6) is -8.78. The van der Waals surface area contributed by atoms with Crippen LogP contribution in [0.3, 0.4) is 0 Å². The second kappa shape index (κ2) is 17.7. The van der Waals surface area contributed by atoms with Crippen molar-refractivity contribution in [3.05, 3.63) is 41.7 Å². The van der Waals surface area contributed by atoms with Gasteiger partial charge in [0.2, 0.25) is 29.5 Å². The van der Waals surface area contributed by atoms with Crippen molar-refractivity contribution in [2.45, 2.75) is 43.9 Å². The lowest BCUT2D eigenvalue weighted by molar-refractivity contribution is -0.144. The summed E-state index contributed by atoms with van der Waals surface area (Å²) in [5.41, 5.74) is 6.72. The number of hydrogen-bond donors (Lipinski definition) is 11. The van der Waals surface area contributed by atoms with Crippen molar-refractivity contribution in [2.75, 3.05) is 23.3 Å². The molecule has 11 N–H and O–H groups in total. The molecule has 0 aliphatic carbocycles. The van der Waals surface area contributed by atoms with E-state index < -0.39 is 91.3 Å². The van der Waals surface area contributed by atoms with Gasteiger partial charge in [0.05, 0.1) is 24.9 Å². The van der Waals surface area contributed by atoms with E-state index in [2.05, 4.69) is 53.8 Å². The number of carboxylic acid groups (broad SMARTS) is 3. The Morgan fingerprint density at radius 3 is 2.12 bits per heavy atom. The van der Waals surface area contributed by atoms with Gasteiger partial charge in [-0.1, -0.05) is 0 Å². The zero-order valence-corrected chi connectivity index (χ0v) is 26.7. The van der Waals surface area contributed by atoms with E-state index in [4.69, 9.17) is 10.8 Å². The molecule has 1 aromatic carbocycles. The van der Waals surface area contributed by atoms with E-state index >= 15 is 0 Å². The number of nitrogens with one attached hydrogen (secondary N) is 5. The van der Waals surface area contributed by atoms with Crippen molar-refractivity contribution in [1.29, 1.82) is 0 Å². The number of fused-ring (bicyclic) bond motifs is 1. The van der Waals surface area contributed by atoms with Crippen LogP contribution in [-0.2, 0) is 35.3 Å². The zero-order valence-electron chi connectivity index (χ0n) is 25.8. The summed E-state index contributed by atoms with van der Waals surface area (Å²) in [7, 11) is 0. The number of nitrogens with two attached hydrogens (primary N) is 1. The molecule has 0 bridgehead atoms. The first kappa shape index (κ1) is 38.1. The molecule has 3 aromatic rings. The summed E-state index contributed by atoms with van der Waals surface area (Å²) in [4.78, 5) is 99.5. The molecule has 3 atom stereocenters. The van der Waals surface area contributed by atoms with Gasteiger partial charge in [-0.3, -0.25) is 24.0 Å². The lowest BCUT2D eigenvalue weighted by atomic mass is 10.1. The smallest absolute Gasteiger partial charge is 0.326 e. The average molecular weight is 717 g/mol. The Labute approximate surface area is 286 Å². The number of rotatable bonds is 18. The normalized spacial score (nSPS) is 12.5. The van der Waals surface area contributed by atoms with Crippen LogP contribution in [0.25, 0.3) is 11.2 Å². The van der Waals surface area contributed by atoms with Crippen LogP contribution < -0.4 is 32.3 Å². The summed E-state index contributed by atoms with van der Waals surface area (Å²) in [6.45, 7) is -0.559. The fourth-order valence-corrected chi connectivity index (χ4v) is 4.38. The Morgan fingerprint density at radius 1 is 0.840 bits per heavy atom. The predicted octanol–water partition coefficient (Wildman–Crippen LogP) is -2.14. The SMILES string of the molecule is Nc1nc(O)c2nc(CNc3ccc(C(=O)NC(CCC(=O)NC(CC(=O)NC(CS)C(=O)NCC(=O)O)C(=O)O)C(=O)O)cc3)cnc2n1. The second-order valence-corrected chi connectivity index (χ2v) is 10.7. The van der Waals surface area contributed by atoms with Crippen molar-refractivity contribution in [2.24, 2.45) is 0 Å². The quantitative estimate of drug-likeness (QED) is 0.0625. The Balaban J connectivity index is 1.50. The first-order chi connectivity index (χ1) is 23.7. The average Bonchev–Trinajstić information content (AvgIpc) is 3.06. The van der Waals surface area contributed by atoms with E-state index in [0.29, 0.717) is 11.4 Å². The van der Waals surface area contributed by atoms with Crippen molar-refractivity contribution in [3.8, 4) is 5.88 Å². The van der Waals surface area contributed by atoms with Gasteiger partial charge in [0.25, 0.3) is 5.91 Å². The maximum Gasteiger partial charge on any atom is 0.326 e. The molecule has 0 aliphatic rings. The van der Waals surface area contributed by atoms with Crippen LogP contribution in [0.2, 0.25) is 0 Å². The van der Waals surface area contributed by atoms with Gasteiger partial charge in [-0.05, 0) is 30.7 Å². The largest absolute Gasteiger partial charge is 0.492 e. The molecular weight excluding hydrogens is 684 g/mol. The summed E-state index contributed by atoms with van der Waals surface area (Å²) in [6, 6.07) is 1.31. The molecule has 0 saturated carbocycles. The number of thiol groups is 1. The molecule has 266 valence electrons. The molecule has 50 heavy (non-hydrogen) atoms. The number of nitrogens with zero attached hydrogens (tertiary/aromatic N) is 4. The van der Waals surface area contributed by atoms with Gasteiger partial charge < -0.3 is 52.7 Å². The molecule has 3 unspecified atom stereocenters. The molecule has 0 saturated heterocycles. The lowest BCUT2D eigenvalue weighted by Crippen LogP contribution is -2.51. The number of hydrogen-bond acceptors (Lipinski definition) is 15. The third kappa shape index (κ3) is 11.4. The molecule has 0 spiro atoms. The fraction of sp³-hybridized carbons (Fsp3) is 0.321. The molecule has 2 heterocycles. The number of anilines is 2. The first-order valence-corrected chi connectivity index (χ1v) is 15.1. The number of aromatic nitrogens is 4. The van der Waals surface area contributed by atoms with Crippen molar-refractivity contribution in [1.82, 2.24) is 41.2 Å². The summed E-state index contributed by atoms with van der Waals surface area (Å²) in [5, 5.41) is 49.3. The maximum absolute atomic E-state index is 12.8. The van der Waals surface area contributed by atoms with Gasteiger partial charge in [0.15, 0.2) is 11.2 Å². The summed E-state index contributed by atoms with van der Waals surface area (Å²) in [6.07, 6.45) is -0.372. The summed E-state index contributed by atoms with van der Waals surface area (Å²) >= 11 is 3.90. The molecule has 22 heteroatoms. The minimum atomic E-state index is -1.76. The summed E-state index contributed by atoms with van der Waals surface area (Å²) < 4.78 is 0. The number of nitrogen functional groups attached to an aromatic ring is 1. The monoisotopic (exact) mass is 716 g/mol. The number of amides is 4. The van der Waals surface area contributed by atoms with E-state index in [1.165, 1.54) is 30.5 Å². The third-order valence-electron chi connectivity index (χ3n) is 6.61. The Bertz CT molecular complexity index is 1780. The van der Waals surface area contributed by atoms with Crippen LogP contribution in [-0.4, -0.2) is 112 Å². The van der Waals surface area contributed by atoms with E-state index in [-0.39, 0.29) is 35.0 Å². The van der Waals surface area contributed by atoms with Gasteiger partial charge >= 0.3 is 17.9 Å². The lowest BCUT2D eigenvalue weighted by Gasteiger charge is -2.19. The van der Waals surface area contributed by atoms with Crippen LogP contribution in [0, 0.1) is 0 Å². The molecule has 0 aliphatic heterocycles. The van der Waals surface area contributed by atoms with Crippen molar-refractivity contribution in [3.63, 3.8) is 0 Å². The molecule has 0 radical (unpaired) electrons. The molecule has 3 rings (SSSR count). The maximum atomic E-state index is 12.8. The number of carbonyl (C=O) groups is 7. The highest BCUT2D eigenvalue weighted by Gasteiger charge is 2.28. The van der Waals surface area contributed by atoms with Crippen LogP contribution in [0.1, 0.15) is 35.3 Å². The van der Waals surface area contributed by atoms with Crippen molar-refractivity contribution < 1.29 is 54.0 Å². The molecule has 4 amide bonds. The zero-order chi connectivity index (χ0) is 37.0. The van der Waals surface area contributed by atoms with E-state index in [0.717, 1.165) is 0 Å². The number of aliphatic carboxylic acids is 3. The van der Waals surface area contributed by atoms with Crippen LogP contribution >= 0.6 is 12.6 Å². The van der Waals surface area contributed by atoms with Crippen LogP contribution in [0.5, 0.6) is 5.88 Å². The Morgan fingerprint density at radius 2 is 1.50 bits per heavy atom. The third-order valence-corrected chi connectivity index (χ3v) is 6.98.